The quantitative estimate of drug-likeness (QED) is 0.737. The zero-order valence-corrected chi connectivity index (χ0v) is 15.2. The van der Waals surface area contributed by atoms with Gasteiger partial charge in [0.25, 0.3) is 5.91 Å². The Morgan fingerprint density at radius 1 is 1.08 bits per heavy atom. The number of aryl methyl sites for hydroxylation is 1. The van der Waals surface area contributed by atoms with Crippen molar-refractivity contribution in [3.63, 3.8) is 0 Å². The third-order valence-electron chi connectivity index (χ3n) is 3.01. The van der Waals surface area contributed by atoms with Gasteiger partial charge in [-0.3, -0.25) is 9.59 Å². The van der Waals surface area contributed by atoms with E-state index in [1.165, 1.54) is 5.56 Å². The minimum Gasteiger partial charge on any atom is -0.456 e. The minimum absolute atomic E-state index is 0.0439. The number of ether oxygens (including phenoxy) is 2. The zero-order valence-electron chi connectivity index (χ0n) is 15.2. The minimum atomic E-state index is -0.603. The number of alkyl carbamates (subject to hydrolysis) is 1. The number of nitrogens with one attached hydrogen (secondary N) is 2. The third-order valence-corrected chi connectivity index (χ3v) is 3.01. The lowest BCUT2D eigenvalue weighted by atomic mass is 10.1. The summed E-state index contributed by atoms with van der Waals surface area (Å²) in [4.78, 5) is 34.7. The van der Waals surface area contributed by atoms with Crippen molar-refractivity contribution in [3.05, 3.63) is 29.8 Å². The van der Waals surface area contributed by atoms with E-state index in [2.05, 4.69) is 10.6 Å². The fourth-order valence-corrected chi connectivity index (χ4v) is 1.82. The Labute approximate surface area is 148 Å². The van der Waals surface area contributed by atoms with Crippen LogP contribution in [-0.4, -0.2) is 36.7 Å². The molecule has 0 radical (unpaired) electrons. The summed E-state index contributed by atoms with van der Waals surface area (Å²) in [6.45, 7) is 6.99. The molecule has 1 aromatic rings. The van der Waals surface area contributed by atoms with Crippen molar-refractivity contribution in [2.45, 2.75) is 46.1 Å². The van der Waals surface area contributed by atoms with Gasteiger partial charge < -0.3 is 20.1 Å². The van der Waals surface area contributed by atoms with E-state index in [0.29, 0.717) is 5.69 Å². The molecule has 0 aliphatic heterocycles. The average Bonchev–Trinajstić information content (AvgIpc) is 2.52. The van der Waals surface area contributed by atoms with Gasteiger partial charge in [0.15, 0.2) is 6.61 Å². The molecule has 25 heavy (non-hydrogen) atoms. The number of benzene rings is 1. The summed E-state index contributed by atoms with van der Waals surface area (Å²) in [5, 5.41) is 5.09. The van der Waals surface area contributed by atoms with Crippen LogP contribution in [0.5, 0.6) is 0 Å². The van der Waals surface area contributed by atoms with Crippen LogP contribution in [0.25, 0.3) is 0 Å². The second-order valence-electron chi connectivity index (χ2n) is 6.44. The van der Waals surface area contributed by atoms with Crippen molar-refractivity contribution in [3.8, 4) is 0 Å². The van der Waals surface area contributed by atoms with Gasteiger partial charge in [-0.05, 0) is 44.9 Å². The molecule has 7 heteroatoms. The molecule has 1 aromatic carbocycles. The first kappa shape index (κ1) is 20.5. The summed E-state index contributed by atoms with van der Waals surface area (Å²) in [5.74, 6) is -0.995. The molecule has 2 amide bonds. The molecule has 2 N–H and O–H groups in total. The second kappa shape index (κ2) is 9.66. The molecular formula is C18H26N2O5. The van der Waals surface area contributed by atoms with Crippen molar-refractivity contribution in [1.82, 2.24) is 5.32 Å². The number of esters is 1. The van der Waals surface area contributed by atoms with E-state index >= 15 is 0 Å². The summed E-state index contributed by atoms with van der Waals surface area (Å²) in [5.41, 5.74) is 1.21. The third kappa shape index (κ3) is 9.34. The Morgan fingerprint density at radius 3 is 2.28 bits per heavy atom. The summed E-state index contributed by atoms with van der Waals surface area (Å²) in [7, 11) is 0. The molecule has 0 saturated carbocycles. The van der Waals surface area contributed by atoms with Gasteiger partial charge in [0, 0.05) is 12.2 Å². The normalized spacial score (nSPS) is 10.7. The van der Waals surface area contributed by atoms with Crippen LogP contribution < -0.4 is 10.6 Å². The monoisotopic (exact) mass is 350 g/mol. The Hall–Kier alpha value is -2.57. The highest BCUT2D eigenvalue weighted by Gasteiger charge is 2.16. The van der Waals surface area contributed by atoms with Gasteiger partial charge in [-0.1, -0.05) is 19.1 Å². The first-order chi connectivity index (χ1) is 11.7. The lowest BCUT2D eigenvalue weighted by Gasteiger charge is -2.19. The fraction of sp³-hybridized carbons (Fsp3) is 0.500. The molecule has 1 rings (SSSR count). The molecule has 0 fully saturated rings. The lowest BCUT2D eigenvalue weighted by molar-refractivity contribution is -0.147. The molecule has 0 bridgehead atoms. The van der Waals surface area contributed by atoms with Crippen LogP contribution in [-0.2, 0) is 25.5 Å². The number of amides is 2. The van der Waals surface area contributed by atoms with Gasteiger partial charge in [-0.15, -0.1) is 0 Å². The van der Waals surface area contributed by atoms with Crippen LogP contribution >= 0.6 is 0 Å². The number of rotatable bonds is 7. The molecule has 138 valence electrons. The van der Waals surface area contributed by atoms with Crippen molar-refractivity contribution in [1.29, 1.82) is 0 Å². The number of hydrogen-bond donors (Lipinski definition) is 2. The molecule has 0 heterocycles. The molecule has 7 nitrogen and oxygen atoms in total. The molecule has 0 unspecified atom stereocenters. The maximum atomic E-state index is 11.7. The Kier molecular flexibility index (Phi) is 7.91. The van der Waals surface area contributed by atoms with Gasteiger partial charge in [-0.25, -0.2) is 4.79 Å². The van der Waals surface area contributed by atoms with Gasteiger partial charge >= 0.3 is 12.1 Å². The van der Waals surface area contributed by atoms with Crippen LogP contribution in [0, 0.1) is 0 Å². The zero-order chi connectivity index (χ0) is 18.9. The maximum absolute atomic E-state index is 11.7. The van der Waals surface area contributed by atoms with E-state index in [9.17, 15) is 14.4 Å². The molecule has 0 saturated heterocycles. The average molecular weight is 350 g/mol. The number of hydrogen-bond acceptors (Lipinski definition) is 5. The first-order valence-corrected chi connectivity index (χ1v) is 8.21. The van der Waals surface area contributed by atoms with Gasteiger partial charge in [0.2, 0.25) is 0 Å². The second-order valence-corrected chi connectivity index (χ2v) is 6.44. The van der Waals surface area contributed by atoms with Crippen molar-refractivity contribution >= 4 is 23.7 Å². The molecule has 0 aliphatic carbocycles. The molecule has 0 aromatic heterocycles. The Bertz CT molecular complexity index is 590. The van der Waals surface area contributed by atoms with E-state index in [1.54, 1.807) is 32.9 Å². The highest BCUT2D eigenvalue weighted by atomic mass is 16.6. The largest absolute Gasteiger partial charge is 0.456 e. The number of anilines is 1. The Balaban J connectivity index is 2.22. The van der Waals surface area contributed by atoms with Crippen molar-refractivity contribution in [2.24, 2.45) is 0 Å². The van der Waals surface area contributed by atoms with Crippen LogP contribution in [0.3, 0.4) is 0 Å². The highest BCUT2D eigenvalue weighted by Crippen LogP contribution is 2.10. The predicted molar refractivity (Wildman–Crippen MR) is 94.3 cm³/mol. The molecular weight excluding hydrogens is 324 g/mol. The van der Waals surface area contributed by atoms with E-state index < -0.39 is 23.6 Å². The van der Waals surface area contributed by atoms with Gasteiger partial charge in [-0.2, -0.15) is 0 Å². The predicted octanol–water partition coefficient (Wildman–Crippen LogP) is 2.65. The molecule has 0 atom stereocenters. The van der Waals surface area contributed by atoms with Crippen molar-refractivity contribution < 1.29 is 23.9 Å². The smallest absolute Gasteiger partial charge is 0.407 e. The highest BCUT2D eigenvalue weighted by molar-refractivity contribution is 5.92. The Morgan fingerprint density at radius 2 is 1.72 bits per heavy atom. The van der Waals surface area contributed by atoms with Gasteiger partial charge in [0.1, 0.15) is 5.60 Å². The lowest BCUT2D eigenvalue weighted by Crippen LogP contribution is -2.34. The first-order valence-electron chi connectivity index (χ1n) is 8.21. The summed E-state index contributed by atoms with van der Waals surface area (Å²) in [6.07, 6.45) is 0.273. The molecule has 0 aliphatic rings. The van der Waals surface area contributed by atoms with E-state index in [-0.39, 0.29) is 19.6 Å². The molecule has 0 spiro atoms. The SMILES string of the molecule is CCc1ccc(NC(=O)COC(=O)CCNC(=O)OC(C)(C)C)cc1. The standard InChI is InChI=1S/C18H26N2O5/c1-5-13-6-8-14(9-7-13)20-15(21)12-24-16(22)10-11-19-17(23)25-18(2,3)4/h6-9H,5,10-12H2,1-4H3,(H,19,23)(H,20,21). The topological polar surface area (TPSA) is 93.7 Å². The van der Waals surface area contributed by atoms with Crippen LogP contribution in [0.2, 0.25) is 0 Å². The van der Waals surface area contributed by atoms with Crippen LogP contribution in [0.1, 0.15) is 39.7 Å². The van der Waals surface area contributed by atoms with Crippen molar-refractivity contribution in [2.75, 3.05) is 18.5 Å². The van der Waals surface area contributed by atoms with E-state index in [0.717, 1.165) is 6.42 Å². The number of carbonyl (C=O) groups is 3. The fourth-order valence-electron chi connectivity index (χ4n) is 1.82. The maximum Gasteiger partial charge on any atom is 0.407 e. The number of carbonyl (C=O) groups excluding carboxylic acids is 3. The van der Waals surface area contributed by atoms with E-state index in [4.69, 9.17) is 9.47 Å². The summed E-state index contributed by atoms with van der Waals surface area (Å²) in [6, 6.07) is 7.43. The summed E-state index contributed by atoms with van der Waals surface area (Å²) >= 11 is 0. The van der Waals surface area contributed by atoms with Gasteiger partial charge in [0.05, 0.1) is 6.42 Å². The van der Waals surface area contributed by atoms with Crippen LogP contribution in [0.4, 0.5) is 10.5 Å². The summed E-state index contributed by atoms with van der Waals surface area (Å²) < 4.78 is 9.89. The van der Waals surface area contributed by atoms with Crippen LogP contribution in [0.15, 0.2) is 24.3 Å². The van der Waals surface area contributed by atoms with E-state index in [1.807, 2.05) is 19.1 Å².